The Hall–Kier alpha value is 0.120. The maximum atomic E-state index is 12.4. The Kier molecular flexibility index (Phi) is 3.02. The molecule has 2 aliphatic carbocycles. The Morgan fingerprint density at radius 1 is 1.53 bits per heavy atom. The molecule has 1 heterocycles. The molecule has 2 bridgehead atoms. The lowest BCUT2D eigenvalue weighted by Crippen LogP contribution is -2.47. The minimum atomic E-state index is -3.58. The number of sulfonamides is 1. The van der Waals surface area contributed by atoms with Crippen molar-refractivity contribution in [3.63, 3.8) is 0 Å². The maximum absolute atomic E-state index is 12.4. The van der Waals surface area contributed by atoms with E-state index in [0.717, 1.165) is 10.9 Å². The van der Waals surface area contributed by atoms with Crippen molar-refractivity contribution < 1.29 is 18.0 Å². The second kappa shape index (κ2) is 4.07. The lowest BCUT2D eigenvalue weighted by atomic mass is 9.70. The van der Waals surface area contributed by atoms with Gasteiger partial charge < -0.3 is 0 Å². The molecule has 0 aromatic heterocycles. The number of fused-ring (bicyclic) bond motifs is 2. The molecule has 0 radical (unpaired) electrons. The van der Waals surface area contributed by atoms with Crippen LogP contribution < -0.4 is 0 Å². The number of carbonyl (C=O) groups is 1. The van der Waals surface area contributed by atoms with Crippen LogP contribution in [0.3, 0.4) is 0 Å². The molecule has 8 heteroatoms. The van der Waals surface area contributed by atoms with E-state index in [-0.39, 0.29) is 24.2 Å². The average Bonchev–Trinajstić information content (AvgIpc) is 3.09. The lowest BCUT2D eigenvalue weighted by Gasteiger charge is -2.40. The zero-order valence-electron chi connectivity index (χ0n) is 10.4. The van der Waals surface area contributed by atoms with Gasteiger partial charge in [-0.05, 0) is 18.8 Å². The van der Waals surface area contributed by atoms with E-state index in [4.69, 9.17) is 28.0 Å². The Labute approximate surface area is 122 Å². The number of rotatable bonds is 4. The quantitative estimate of drug-likeness (QED) is 0.582. The summed E-state index contributed by atoms with van der Waals surface area (Å²) < 4.78 is 25.2. The van der Waals surface area contributed by atoms with Crippen molar-refractivity contribution in [1.82, 2.24) is 4.47 Å². The number of alkyl halides is 2. The molecular weight excluding hydrogens is 313 g/mol. The van der Waals surface area contributed by atoms with E-state index in [2.05, 4.69) is 0 Å². The van der Waals surface area contributed by atoms with Crippen LogP contribution in [0.15, 0.2) is 0 Å². The molecule has 0 aromatic carbocycles. The SMILES string of the molecule is C[C@@]1(C(Cl)Cl)[C@@H]2CC[C@@]1(CS(=O)(=O)N1CO1)C(=O)C2. The van der Waals surface area contributed by atoms with Gasteiger partial charge >= 0.3 is 0 Å². The van der Waals surface area contributed by atoms with Gasteiger partial charge in [0.2, 0.25) is 10.0 Å². The highest BCUT2D eigenvalue weighted by Crippen LogP contribution is 2.67. The molecule has 0 N–H and O–H groups in total. The predicted octanol–water partition coefficient (Wildman–Crippen LogP) is 1.70. The molecule has 3 rings (SSSR count). The minimum Gasteiger partial charge on any atom is -0.299 e. The van der Waals surface area contributed by atoms with Crippen LogP contribution >= 0.6 is 23.2 Å². The largest absolute Gasteiger partial charge is 0.299 e. The third-order valence-corrected chi connectivity index (χ3v) is 7.79. The van der Waals surface area contributed by atoms with E-state index in [1.807, 2.05) is 6.92 Å². The summed E-state index contributed by atoms with van der Waals surface area (Å²) in [5.41, 5.74) is -1.63. The van der Waals surface area contributed by atoms with Crippen molar-refractivity contribution in [3.05, 3.63) is 0 Å². The Morgan fingerprint density at radius 3 is 2.63 bits per heavy atom. The summed E-state index contributed by atoms with van der Waals surface area (Å²) in [6.07, 6.45) is 1.72. The lowest BCUT2D eigenvalue weighted by molar-refractivity contribution is -0.128. The van der Waals surface area contributed by atoms with Gasteiger partial charge in [-0.2, -0.15) is 0 Å². The number of nitrogens with zero attached hydrogens (tertiary/aromatic N) is 1. The van der Waals surface area contributed by atoms with E-state index in [1.54, 1.807) is 0 Å². The highest BCUT2D eigenvalue weighted by molar-refractivity contribution is 7.89. The van der Waals surface area contributed by atoms with Crippen LogP contribution in [0.25, 0.3) is 0 Å². The van der Waals surface area contributed by atoms with Gasteiger partial charge in [0, 0.05) is 11.8 Å². The monoisotopic (exact) mass is 327 g/mol. The zero-order chi connectivity index (χ0) is 14.1. The highest BCUT2D eigenvalue weighted by atomic mass is 35.5. The molecule has 3 fully saturated rings. The second-order valence-corrected chi connectivity index (χ2v) is 8.80. The summed E-state index contributed by atoms with van der Waals surface area (Å²) in [6.45, 7) is 1.91. The first-order valence-corrected chi connectivity index (χ1v) is 8.67. The highest BCUT2D eigenvalue weighted by Gasteiger charge is 2.70. The molecule has 1 saturated heterocycles. The molecule has 3 aliphatic rings. The molecule has 0 spiro atoms. The first-order chi connectivity index (χ1) is 8.74. The van der Waals surface area contributed by atoms with Gasteiger partial charge in [0.1, 0.15) is 10.6 Å². The van der Waals surface area contributed by atoms with Crippen LogP contribution in [-0.2, 0) is 19.7 Å². The molecule has 0 amide bonds. The fraction of sp³-hybridized carbons (Fsp3) is 0.909. The number of hydrogen-bond acceptors (Lipinski definition) is 4. The summed E-state index contributed by atoms with van der Waals surface area (Å²) in [5, 5.41) is 0. The predicted molar refractivity (Wildman–Crippen MR) is 70.0 cm³/mol. The van der Waals surface area contributed by atoms with Crippen LogP contribution in [0.1, 0.15) is 26.2 Å². The van der Waals surface area contributed by atoms with Gasteiger partial charge in [-0.1, -0.05) is 11.4 Å². The van der Waals surface area contributed by atoms with Gasteiger partial charge in [-0.25, -0.2) is 8.42 Å². The van der Waals surface area contributed by atoms with Crippen LogP contribution in [0.5, 0.6) is 0 Å². The van der Waals surface area contributed by atoms with Crippen molar-refractivity contribution in [2.75, 3.05) is 12.5 Å². The van der Waals surface area contributed by atoms with Crippen molar-refractivity contribution in [2.45, 2.75) is 31.0 Å². The van der Waals surface area contributed by atoms with E-state index in [0.29, 0.717) is 12.8 Å². The third kappa shape index (κ3) is 1.73. The molecule has 2 saturated carbocycles. The molecule has 4 atom stereocenters. The number of hydrogen-bond donors (Lipinski definition) is 0. The Morgan fingerprint density at radius 2 is 2.16 bits per heavy atom. The second-order valence-electron chi connectivity index (χ2n) is 5.85. The number of ketones is 1. The van der Waals surface area contributed by atoms with E-state index in [1.165, 1.54) is 0 Å². The van der Waals surface area contributed by atoms with Crippen LogP contribution in [-0.4, -0.2) is 36.0 Å². The van der Waals surface area contributed by atoms with Gasteiger partial charge in [0.05, 0.1) is 11.2 Å². The minimum absolute atomic E-state index is 0.0250. The van der Waals surface area contributed by atoms with Gasteiger partial charge in [-0.3, -0.25) is 9.63 Å². The molecular formula is C11H15Cl2NO4S. The number of carbonyl (C=O) groups excluding carboxylic acids is 1. The Balaban J connectivity index is 2.02. The summed E-state index contributed by atoms with van der Waals surface area (Å²) in [5.74, 6) is -0.199. The van der Waals surface area contributed by atoms with Crippen LogP contribution in [0.2, 0.25) is 0 Å². The standard InChI is InChI=1S/C11H15Cl2NO4S/c1-10(9(12)13)7-2-3-11(10,8(15)4-7)5-19(16,17)14-6-18-14/h7,9H,2-6H2,1H3/t7-,10+,11-,14?/m1/s1. The molecule has 5 nitrogen and oxygen atoms in total. The average molecular weight is 328 g/mol. The van der Waals surface area contributed by atoms with Crippen LogP contribution in [0, 0.1) is 16.7 Å². The van der Waals surface area contributed by atoms with Crippen molar-refractivity contribution in [2.24, 2.45) is 16.7 Å². The maximum Gasteiger partial charge on any atom is 0.239 e. The smallest absolute Gasteiger partial charge is 0.239 e. The third-order valence-electron chi connectivity index (χ3n) is 5.19. The van der Waals surface area contributed by atoms with Crippen molar-refractivity contribution in [3.8, 4) is 0 Å². The fourth-order valence-electron chi connectivity index (χ4n) is 3.82. The van der Waals surface area contributed by atoms with Gasteiger partial charge in [0.25, 0.3) is 0 Å². The van der Waals surface area contributed by atoms with E-state index in [9.17, 15) is 13.2 Å². The summed E-state index contributed by atoms with van der Waals surface area (Å²) in [7, 11) is -3.58. The molecule has 108 valence electrons. The fourth-order valence-corrected chi connectivity index (χ4v) is 6.34. The van der Waals surface area contributed by atoms with E-state index < -0.39 is 25.7 Å². The van der Waals surface area contributed by atoms with E-state index >= 15 is 0 Å². The number of halogens is 2. The number of Topliss-reactive ketones (excluding diaryl/α,β-unsaturated/α-hetero) is 1. The summed E-state index contributed by atoms with van der Waals surface area (Å²) in [6, 6.07) is 0. The first kappa shape index (κ1) is 14.1. The van der Waals surface area contributed by atoms with Crippen molar-refractivity contribution >= 4 is 39.0 Å². The molecule has 0 aromatic rings. The zero-order valence-corrected chi connectivity index (χ0v) is 12.8. The molecule has 19 heavy (non-hydrogen) atoms. The van der Waals surface area contributed by atoms with Gasteiger partial charge in [0.15, 0.2) is 6.73 Å². The Bertz CT molecular complexity index is 533. The number of hydroxylamine groups is 1. The van der Waals surface area contributed by atoms with Crippen LogP contribution in [0.4, 0.5) is 0 Å². The normalized spacial score (nSPS) is 45.2. The topological polar surface area (TPSA) is 66.8 Å². The molecule has 1 aliphatic heterocycles. The van der Waals surface area contributed by atoms with Crippen molar-refractivity contribution in [1.29, 1.82) is 0 Å². The summed E-state index contributed by atoms with van der Waals surface area (Å²) in [4.78, 5) is 16.3. The van der Waals surface area contributed by atoms with Gasteiger partial charge in [-0.15, -0.1) is 23.2 Å². The summed E-state index contributed by atoms with van der Waals surface area (Å²) >= 11 is 12.2. The molecule has 1 unspecified atom stereocenters. The first-order valence-electron chi connectivity index (χ1n) is 6.19.